The lowest BCUT2D eigenvalue weighted by Gasteiger charge is -2.45. The van der Waals surface area contributed by atoms with Crippen LogP contribution in [0.4, 0.5) is 0 Å². The third kappa shape index (κ3) is 4.08. The molecule has 0 bridgehead atoms. The molecule has 0 atom stereocenters. The number of rotatable bonds is 3. The van der Waals surface area contributed by atoms with Crippen LogP contribution in [0.1, 0.15) is 46.2 Å². The third-order valence-corrected chi connectivity index (χ3v) is 3.49. The Morgan fingerprint density at radius 2 is 1.95 bits per heavy atom. The smallest absolute Gasteiger partial charge is 0.123 e. The highest BCUT2D eigenvalue weighted by atomic mass is 35.5. The van der Waals surface area contributed by atoms with Crippen LogP contribution in [-0.2, 0) is 10.6 Å². The maximum atomic E-state index is 6.09. The van der Waals surface area contributed by atoms with Gasteiger partial charge in [0, 0.05) is 25.1 Å². The minimum Gasteiger partial charge on any atom is -0.490 e. The monoisotopic (exact) mass is 283 g/mol. The molecule has 0 unspecified atom stereocenters. The van der Waals surface area contributed by atoms with Crippen molar-refractivity contribution in [3.8, 4) is 5.75 Å². The first kappa shape index (κ1) is 14.6. The maximum absolute atomic E-state index is 6.09. The van der Waals surface area contributed by atoms with E-state index in [2.05, 4.69) is 32.7 Å². The Balaban J connectivity index is 2.09. The molecule has 1 aromatic heterocycles. The second-order valence-electron chi connectivity index (χ2n) is 6.39. The van der Waals surface area contributed by atoms with Crippen molar-refractivity contribution >= 4 is 11.6 Å². The Labute approximate surface area is 120 Å². The van der Waals surface area contributed by atoms with Gasteiger partial charge in [-0.2, -0.15) is 0 Å². The lowest BCUT2D eigenvalue weighted by molar-refractivity contribution is -0.182. The van der Waals surface area contributed by atoms with E-state index in [4.69, 9.17) is 21.1 Å². The largest absolute Gasteiger partial charge is 0.490 e. The van der Waals surface area contributed by atoms with Crippen LogP contribution in [0, 0.1) is 0 Å². The van der Waals surface area contributed by atoms with Gasteiger partial charge in [0.15, 0.2) is 0 Å². The Kier molecular flexibility index (Phi) is 4.07. The summed E-state index contributed by atoms with van der Waals surface area (Å²) in [6.45, 7) is 8.45. The Morgan fingerprint density at radius 1 is 1.32 bits per heavy atom. The zero-order valence-electron chi connectivity index (χ0n) is 12.1. The number of hydrogen-bond acceptors (Lipinski definition) is 3. The molecule has 0 N–H and O–H groups in total. The van der Waals surface area contributed by atoms with E-state index in [1.165, 1.54) is 0 Å². The van der Waals surface area contributed by atoms with Crippen molar-refractivity contribution in [1.82, 2.24) is 4.98 Å². The second kappa shape index (κ2) is 5.29. The zero-order chi connectivity index (χ0) is 14.1. The number of pyridine rings is 1. The second-order valence-corrected chi connectivity index (χ2v) is 6.65. The van der Waals surface area contributed by atoms with Crippen LogP contribution in [0.2, 0.25) is 0 Å². The molecular weight excluding hydrogens is 262 g/mol. The molecule has 2 heterocycles. The van der Waals surface area contributed by atoms with Gasteiger partial charge in [0.1, 0.15) is 11.9 Å². The summed E-state index contributed by atoms with van der Waals surface area (Å²) in [4.78, 5) is 4.17. The summed E-state index contributed by atoms with van der Waals surface area (Å²) in [6, 6.07) is 3.79. The summed E-state index contributed by atoms with van der Waals surface area (Å²) < 4.78 is 12.2. The van der Waals surface area contributed by atoms with Gasteiger partial charge < -0.3 is 9.47 Å². The van der Waals surface area contributed by atoms with Gasteiger partial charge in [-0.05, 0) is 33.8 Å². The standard InChI is InChI=1S/C15H22ClNO2/c1-14(2)8-13(9-15(3,4)19-14)18-12-5-6-17-11(7-12)10-16/h5-7,13H,8-10H2,1-4H3. The molecule has 1 aliphatic heterocycles. The molecule has 19 heavy (non-hydrogen) atoms. The fourth-order valence-corrected chi connectivity index (χ4v) is 3.02. The van der Waals surface area contributed by atoms with Crippen LogP contribution in [0.3, 0.4) is 0 Å². The van der Waals surface area contributed by atoms with E-state index in [1.54, 1.807) is 6.20 Å². The van der Waals surface area contributed by atoms with Crippen LogP contribution in [-0.4, -0.2) is 22.3 Å². The van der Waals surface area contributed by atoms with Crippen molar-refractivity contribution in [2.75, 3.05) is 0 Å². The molecule has 0 amide bonds. The van der Waals surface area contributed by atoms with E-state index >= 15 is 0 Å². The topological polar surface area (TPSA) is 31.4 Å². The average molecular weight is 284 g/mol. The number of aromatic nitrogens is 1. The van der Waals surface area contributed by atoms with Gasteiger partial charge in [0.05, 0.1) is 22.8 Å². The average Bonchev–Trinajstić information content (AvgIpc) is 2.24. The first-order valence-corrected chi connectivity index (χ1v) is 7.21. The molecule has 106 valence electrons. The number of halogens is 1. The normalized spacial score (nSPS) is 22.2. The minimum atomic E-state index is -0.158. The summed E-state index contributed by atoms with van der Waals surface area (Å²) >= 11 is 5.79. The molecule has 1 aliphatic rings. The molecule has 3 nitrogen and oxygen atoms in total. The predicted molar refractivity (Wildman–Crippen MR) is 76.7 cm³/mol. The van der Waals surface area contributed by atoms with Gasteiger partial charge in [-0.15, -0.1) is 11.6 Å². The highest BCUT2D eigenvalue weighted by molar-refractivity contribution is 6.16. The molecule has 0 aliphatic carbocycles. The molecule has 0 saturated carbocycles. The Hall–Kier alpha value is -0.800. The molecule has 1 aromatic rings. The molecular formula is C15H22ClNO2. The van der Waals surface area contributed by atoms with E-state index < -0.39 is 0 Å². The molecule has 0 aromatic carbocycles. The first-order chi connectivity index (χ1) is 8.80. The molecule has 2 rings (SSSR count). The highest BCUT2D eigenvalue weighted by Crippen LogP contribution is 2.36. The molecule has 0 radical (unpaired) electrons. The van der Waals surface area contributed by atoms with Crippen LogP contribution >= 0.6 is 11.6 Å². The quantitative estimate of drug-likeness (QED) is 0.788. The van der Waals surface area contributed by atoms with Crippen LogP contribution in [0.25, 0.3) is 0 Å². The van der Waals surface area contributed by atoms with Crippen LogP contribution < -0.4 is 4.74 Å². The van der Waals surface area contributed by atoms with E-state index in [1.807, 2.05) is 12.1 Å². The SMILES string of the molecule is CC1(C)CC(Oc2ccnc(CCl)c2)CC(C)(C)O1. The Morgan fingerprint density at radius 3 is 2.53 bits per heavy atom. The van der Waals surface area contributed by atoms with Crippen molar-refractivity contribution in [1.29, 1.82) is 0 Å². The Bertz CT molecular complexity index is 430. The van der Waals surface area contributed by atoms with Crippen LogP contribution in [0.15, 0.2) is 18.3 Å². The van der Waals surface area contributed by atoms with Gasteiger partial charge in [0.2, 0.25) is 0 Å². The van der Waals surface area contributed by atoms with E-state index in [9.17, 15) is 0 Å². The van der Waals surface area contributed by atoms with Crippen molar-refractivity contribution in [3.63, 3.8) is 0 Å². The van der Waals surface area contributed by atoms with Crippen molar-refractivity contribution in [2.24, 2.45) is 0 Å². The molecule has 1 fully saturated rings. The van der Waals surface area contributed by atoms with Crippen molar-refractivity contribution in [3.05, 3.63) is 24.0 Å². The first-order valence-electron chi connectivity index (χ1n) is 6.67. The molecule has 4 heteroatoms. The lowest BCUT2D eigenvalue weighted by Crippen LogP contribution is -2.49. The highest BCUT2D eigenvalue weighted by Gasteiger charge is 2.40. The predicted octanol–water partition coefficient (Wildman–Crippen LogP) is 3.94. The van der Waals surface area contributed by atoms with Gasteiger partial charge in [0.25, 0.3) is 0 Å². The summed E-state index contributed by atoms with van der Waals surface area (Å²) in [7, 11) is 0. The summed E-state index contributed by atoms with van der Waals surface area (Å²) in [6.07, 6.45) is 3.66. The number of alkyl halides is 1. The zero-order valence-corrected chi connectivity index (χ0v) is 12.8. The summed E-state index contributed by atoms with van der Waals surface area (Å²) in [5.74, 6) is 1.24. The van der Waals surface area contributed by atoms with E-state index in [0.29, 0.717) is 5.88 Å². The van der Waals surface area contributed by atoms with Gasteiger partial charge in [-0.25, -0.2) is 0 Å². The van der Waals surface area contributed by atoms with Gasteiger partial charge >= 0.3 is 0 Å². The van der Waals surface area contributed by atoms with E-state index in [-0.39, 0.29) is 17.3 Å². The third-order valence-electron chi connectivity index (χ3n) is 3.22. The fourth-order valence-electron chi connectivity index (χ4n) is 2.88. The summed E-state index contributed by atoms with van der Waals surface area (Å²) in [5, 5.41) is 0. The molecule has 0 spiro atoms. The summed E-state index contributed by atoms with van der Waals surface area (Å²) in [5.41, 5.74) is 0.522. The van der Waals surface area contributed by atoms with Gasteiger partial charge in [-0.3, -0.25) is 4.98 Å². The maximum Gasteiger partial charge on any atom is 0.123 e. The van der Waals surface area contributed by atoms with E-state index in [0.717, 1.165) is 24.3 Å². The minimum absolute atomic E-state index is 0.157. The molecule has 1 saturated heterocycles. The fraction of sp³-hybridized carbons (Fsp3) is 0.667. The van der Waals surface area contributed by atoms with Crippen molar-refractivity contribution in [2.45, 2.75) is 63.7 Å². The number of ether oxygens (including phenoxy) is 2. The lowest BCUT2D eigenvalue weighted by atomic mass is 9.87. The van der Waals surface area contributed by atoms with Gasteiger partial charge in [-0.1, -0.05) is 0 Å². The number of hydrogen-bond donors (Lipinski definition) is 0. The van der Waals surface area contributed by atoms with Crippen molar-refractivity contribution < 1.29 is 9.47 Å². The number of nitrogens with zero attached hydrogens (tertiary/aromatic N) is 1. The van der Waals surface area contributed by atoms with Crippen LogP contribution in [0.5, 0.6) is 5.75 Å².